The zero-order valence-corrected chi connectivity index (χ0v) is 24.8. The molecule has 0 bridgehead atoms. The van der Waals surface area contributed by atoms with Gasteiger partial charge < -0.3 is 29.7 Å². The van der Waals surface area contributed by atoms with Crippen molar-refractivity contribution in [2.24, 2.45) is 0 Å². The summed E-state index contributed by atoms with van der Waals surface area (Å²) in [4.78, 5) is 26.4. The summed E-state index contributed by atoms with van der Waals surface area (Å²) in [6.07, 6.45) is -3.56. The van der Waals surface area contributed by atoms with Gasteiger partial charge in [-0.2, -0.15) is 15.1 Å². The largest absolute Gasteiger partial charge is 0.462 e. The van der Waals surface area contributed by atoms with Crippen LogP contribution in [-0.4, -0.2) is 81.1 Å². The number of anilines is 2. The molecule has 6 atom stereocenters. The molecular formula is C25H34F2N7O7P. The van der Waals surface area contributed by atoms with Gasteiger partial charge in [-0.3, -0.25) is 13.9 Å². The summed E-state index contributed by atoms with van der Waals surface area (Å²) in [5.41, 5.74) is 3.31. The first-order valence-corrected chi connectivity index (χ1v) is 14.5. The standard InChI is InChI=1S/C25H34F2N7O7P/c1-14(2)39-20(35)15(3)32-42(37,41-16-10-8-7-9-11-16)38-12-25(27)21(36)24(4,26)22(40-25)34-13-29-17-18(33(5)6)30-23(28)31-19(17)34/h7-11,13-15,21-22,36H,12H2,1-6H3,(H,32,37)(H2,28,30,31)/t15-,21+,22-,24-,25-,42-/m1/s1. The van der Waals surface area contributed by atoms with Crippen molar-refractivity contribution in [2.75, 3.05) is 31.3 Å². The van der Waals surface area contributed by atoms with Crippen LogP contribution in [0.15, 0.2) is 36.7 Å². The number of ether oxygens (including phenoxy) is 2. The molecule has 3 aromatic rings. The lowest BCUT2D eigenvalue weighted by Crippen LogP contribution is -2.47. The number of carbonyl (C=O) groups is 1. The molecule has 0 saturated carbocycles. The van der Waals surface area contributed by atoms with E-state index in [4.69, 9.17) is 24.3 Å². The van der Waals surface area contributed by atoms with Crippen molar-refractivity contribution in [3.63, 3.8) is 0 Å². The van der Waals surface area contributed by atoms with Crippen LogP contribution in [0.3, 0.4) is 0 Å². The molecule has 0 amide bonds. The molecule has 4 rings (SSSR count). The van der Waals surface area contributed by atoms with E-state index < -0.39 is 56.3 Å². The van der Waals surface area contributed by atoms with Gasteiger partial charge in [-0.1, -0.05) is 18.2 Å². The number of nitrogens with zero attached hydrogens (tertiary/aromatic N) is 5. The van der Waals surface area contributed by atoms with Crippen molar-refractivity contribution < 1.29 is 41.8 Å². The van der Waals surface area contributed by atoms with Crippen molar-refractivity contribution in [1.82, 2.24) is 24.6 Å². The SMILES string of the molecule is CC(C)OC(=O)[C@@H](C)N[P@@](=O)(OC[C@@]1(F)O[C@@H](n2cnc3c(N(C)C)nc(N)nc32)[C@](C)(F)[C@@H]1O)Oc1ccccc1. The maximum Gasteiger partial charge on any atom is 0.459 e. The van der Waals surface area contributed by atoms with Crippen LogP contribution in [0.4, 0.5) is 20.5 Å². The van der Waals surface area contributed by atoms with Gasteiger partial charge in [0.25, 0.3) is 5.85 Å². The van der Waals surface area contributed by atoms with Crippen molar-refractivity contribution in [3.8, 4) is 5.75 Å². The first-order chi connectivity index (χ1) is 19.6. The number of rotatable bonds is 11. The smallest absolute Gasteiger partial charge is 0.459 e. The number of aliphatic hydroxyl groups excluding tert-OH is 1. The summed E-state index contributed by atoms with van der Waals surface area (Å²) in [6.45, 7) is 4.26. The molecule has 1 fully saturated rings. The minimum atomic E-state index is -4.57. The predicted octanol–water partition coefficient (Wildman–Crippen LogP) is 2.89. The van der Waals surface area contributed by atoms with Gasteiger partial charge in [-0.15, -0.1) is 0 Å². The number of hydrogen-bond acceptors (Lipinski definition) is 12. The number of nitrogens with two attached hydrogens (primary N) is 1. The zero-order valence-electron chi connectivity index (χ0n) is 23.9. The minimum absolute atomic E-state index is 0.0229. The van der Waals surface area contributed by atoms with Gasteiger partial charge in [0.1, 0.15) is 18.4 Å². The Labute approximate surface area is 240 Å². The Morgan fingerprint density at radius 3 is 2.55 bits per heavy atom. The van der Waals surface area contributed by atoms with Crippen molar-refractivity contribution in [3.05, 3.63) is 36.7 Å². The highest BCUT2D eigenvalue weighted by Crippen LogP contribution is 2.52. The molecule has 1 aliphatic rings. The van der Waals surface area contributed by atoms with Crippen LogP contribution in [0.5, 0.6) is 5.75 Å². The van der Waals surface area contributed by atoms with Crippen molar-refractivity contribution in [2.45, 2.75) is 63.7 Å². The number of imidazole rings is 1. The molecular weight excluding hydrogens is 579 g/mol. The molecule has 3 heterocycles. The quantitative estimate of drug-likeness (QED) is 0.213. The second kappa shape index (κ2) is 11.7. The predicted molar refractivity (Wildman–Crippen MR) is 148 cm³/mol. The molecule has 1 saturated heterocycles. The van der Waals surface area contributed by atoms with E-state index in [0.29, 0.717) is 5.82 Å². The normalized spacial score (nSPS) is 26.2. The Bertz CT molecular complexity index is 1480. The number of benzene rings is 1. The van der Waals surface area contributed by atoms with E-state index in [0.717, 1.165) is 17.8 Å². The topological polar surface area (TPSA) is 176 Å². The second-order valence-corrected chi connectivity index (χ2v) is 12.1. The van der Waals surface area contributed by atoms with E-state index in [1.807, 2.05) is 0 Å². The highest BCUT2D eigenvalue weighted by molar-refractivity contribution is 7.52. The number of aromatic nitrogens is 4. The van der Waals surface area contributed by atoms with Gasteiger partial charge in [0, 0.05) is 14.1 Å². The summed E-state index contributed by atoms with van der Waals surface area (Å²) in [5.74, 6) is -3.80. The second-order valence-electron chi connectivity index (χ2n) is 10.4. The number of para-hydroxylation sites is 1. The average molecular weight is 614 g/mol. The maximum atomic E-state index is 16.2. The minimum Gasteiger partial charge on any atom is -0.462 e. The summed E-state index contributed by atoms with van der Waals surface area (Å²) in [5, 5.41) is 13.2. The fourth-order valence-electron chi connectivity index (χ4n) is 4.27. The molecule has 230 valence electrons. The van der Waals surface area contributed by atoms with Crippen molar-refractivity contribution in [1.29, 1.82) is 0 Å². The first kappa shape index (κ1) is 31.5. The van der Waals surface area contributed by atoms with Gasteiger partial charge in [0.15, 0.2) is 35.0 Å². The van der Waals surface area contributed by atoms with E-state index in [-0.39, 0.29) is 22.9 Å². The number of alkyl halides is 2. The number of carbonyl (C=O) groups excluding carboxylic acids is 1. The van der Waals surface area contributed by atoms with Gasteiger partial charge in [0.05, 0.1) is 12.4 Å². The number of nitrogens with one attached hydrogen (secondary N) is 1. The van der Waals surface area contributed by atoms with Crippen LogP contribution in [0.2, 0.25) is 0 Å². The fourth-order valence-corrected chi connectivity index (χ4v) is 5.78. The van der Waals surface area contributed by atoms with Gasteiger partial charge in [0.2, 0.25) is 5.95 Å². The summed E-state index contributed by atoms with van der Waals surface area (Å²) in [7, 11) is -1.19. The van der Waals surface area contributed by atoms with E-state index in [1.54, 1.807) is 51.0 Å². The molecule has 1 aromatic carbocycles. The number of aliphatic hydroxyl groups is 1. The van der Waals surface area contributed by atoms with Gasteiger partial charge in [-0.05, 0) is 39.8 Å². The lowest BCUT2D eigenvalue weighted by Gasteiger charge is -2.28. The fraction of sp³-hybridized carbons (Fsp3) is 0.520. The summed E-state index contributed by atoms with van der Waals surface area (Å²) >= 11 is 0. The van der Waals surface area contributed by atoms with Crippen LogP contribution in [0.25, 0.3) is 11.2 Å². The van der Waals surface area contributed by atoms with E-state index >= 15 is 8.78 Å². The van der Waals surface area contributed by atoms with Crippen LogP contribution < -0.4 is 20.2 Å². The van der Waals surface area contributed by atoms with Gasteiger partial charge >= 0.3 is 13.7 Å². The molecule has 0 aliphatic carbocycles. The monoisotopic (exact) mass is 613 g/mol. The third kappa shape index (κ3) is 6.32. The Balaban J connectivity index is 1.62. The number of hydrogen-bond donors (Lipinski definition) is 3. The van der Waals surface area contributed by atoms with Crippen LogP contribution >= 0.6 is 7.75 Å². The molecule has 14 nitrogen and oxygen atoms in total. The molecule has 1 aliphatic heterocycles. The Kier molecular flexibility index (Phi) is 8.77. The lowest BCUT2D eigenvalue weighted by molar-refractivity contribution is -0.202. The molecule has 42 heavy (non-hydrogen) atoms. The summed E-state index contributed by atoms with van der Waals surface area (Å²) in [6, 6.07) is 6.53. The third-order valence-electron chi connectivity index (χ3n) is 6.29. The summed E-state index contributed by atoms with van der Waals surface area (Å²) < 4.78 is 68.5. The van der Waals surface area contributed by atoms with Gasteiger partial charge in [-0.25, -0.2) is 18.3 Å². The molecule has 0 spiro atoms. The lowest BCUT2D eigenvalue weighted by atomic mass is 9.97. The highest BCUT2D eigenvalue weighted by atomic mass is 31.2. The van der Waals surface area contributed by atoms with Crippen LogP contribution in [-0.2, 0) is 23.4 Å². The van der Waals surface area contributed by atoms with Crippen LogP contribution in [0.1, 0.15) is 33.9 Å². The molecule has 4 N–H and O–H groups in total. The van der Waals surface area contributed by atoms with Crippen molar-refractivity contribution >= 4 is 36.6 Å². The first-order valence-electron chi connectivity index (χ1n) is 12.9. The third-order valence-corrected chi connectivity index (χ3v) is 7.91. The number of nitrogen functional groups attached to an aromatic ring is 1. The van der Waals surface area contributed by atoms with E-state index in [2.05, 4.69) is 20.0 Å². The van der Waals surface area contributed by atoms with E-state index in [1.165, 1.54) is 19.1 Å². The Morgan fingerprint density at radius 2 is 1.93 bits per heavy atom. The number of fused-ring (bicyclic) bond motifs is 1. The number of halogens is 2. The van der Waals surface area contributed by atoms with E-state index in [9.17, 15) is 14.5 Å². The number of esters is 1. The molecule has 2 aromatic heterocycles. The Morgan fingerprint density at radius 1 is 1.26 bits per heavy atom. The molecule has 17 heteroatoms. The molecule has 0 radical (unpaired) electrons. The highest BCUT2D eigenvalue weighted by Gasteiger charge is 2.65. The molecule has 0 unspecified atom stereocenters. The van der Waals surface area contributed by atoms with Crippen LogP contribution in [0, 0.1) is 0 Å². The average Bonchev–Trinajstić information content (AvgIpc) is 3.39. The Hall–Kier alpha value is -3.43. The zero-order chi connectivity index (χ0) is 31.0. The maximum absolute atomic E-state index is 16.2.